The van der Waals surface area contributed by atoms with Crippen molar-refractivity contribution in [2.45, 2.75) is 25.5 Å². The van der Waals surface area contributed by atoms with Crippen LogP contribution in [-0.2, 0) is 6.54 Å². The van der Waals surface area contributed by atoms with E-state index in [1.165, 1.54) is 0 Å². The van der Waals surface area contributed by atoms with Gasteiger partial charge in [-0.05, 0) is 19.4 Å². The van der Waals surface area contributed by atoms with Crippen LogP contribution in [0.25, 0.3) is 11.3 Å². The van der Waals surface area contributed by atoms with Gasteiger partial charge in [0.1, 0.15) is 0 Å². The van der Waals surface area contributed by atoms with Crippen molar-refractivity contribution < 1.29 is 9.63 Å². The fraction of sp³-hybridized carbons (Fsp3) is 0.400. The predicted molar refractivity (Wildman–Crippen MR) is 72.5 cm³/mol. The van der Waals surface area contributed by atoms with Crippen molar-refractivity contribution in [1.82, 2.24) is 10.1 Å². The molecule has 1 aromatic heterocycles. The van der Waals surface area contributed by atoms with E-state index in [2.05, 4.69) is 10.1 Å². The zero-order valence-electron chi connectivity index (χ0n) is 10.8. The summed E-state index contributed by atoms with van der Waals surface area (Å²) in [6.07, 6.45) is 1.75. The van der Waals surface area contributed by atoms with Crippen molar-refractivity contribution in [3.63, 3.8) is 0 Å². The molecule has 1 fully saturated rings. The molecule has 1 saturated heterocycles. The molecule has 0 amide bonds. The molecule has 0 saturated carbocycles. The molecule has 0 radical (unpaired) electrons. The number of β-amino-alcohol motifs (C(OH)–C–C–N with tert-alkyl or cyclic N) is 1. The Labute approximate surface area is 112 Å². The maximum atomic E-state index is 9.66. The summed E-state index contributed by atoms with van der Waals surface area (Å²) in [4.78, 5) is 2.22. The maximum Gasteiger partial charge on any atom is 0.167 e. The molecule has 1 aromatic carbocycles. The minimum atomic E-state index is -0.200. The first-order chi connectivity index (χ1) is 9.31. The summed E-state index contributed by atoms with van der Waals surface area (Å²) in [6, 6.07) is 12.0. The lowest BCUT2D eigenvalue weighted by Crippen LogP contribution is -2.37. The van der Waals surface area contributed by atoms with E-state index >= 15 is 0 Å². The molecule has 100 valence electrons. The highest BCUT2D eigenvalue weighted by Gasteiger charge is 2.19. The van der Waals surface area contributed by atoms with Gasteiger partial charge in [0, 0.05) is 24.7 Å². The van der Waals surface area contributed by atoms with E-state index in [1.807, 2.05) is 36.4 Å². The van der Waals surface area contributed by atoms with Crippen LogP contribution in [0.2, 0.25) is 0 Å². The van der Waals surface area contributed by atoms with E-state index in [0.29, 0.717) is 0 Å². The number of aromatic nitrogens is 1. The summed E-state index contributed by atoms with van der Waals surface area (Å²) in [7, 11) is 0. The minimum Gasteiger partial charge on any atom is -0.392 e. The molecule has 2 heterocycles. The second-order valence-electron chi connectivity index (χ2n) is 5.08. The first kappa shape index (κ1) is 12.4. The highest BCUT2D eigenvalue weighted by atomic mass is 16.5. The zero-order chi connectivity index (χ0) is 13.1. The van der Waals surface area contributed by atoms with E-state index in [1.54, 1.807) is 0 Å². The number of benzene rings is 1. The molecule has 19 heavy (non-hydrogen) atoms. The average molecular weight is 258 g/mol. The fourth-order valence-electron chi connectivity index (χ4n) is 2.53. The van der Waals surface area contributed by atoms with Gasteiger partial charge < -0.3 is 9.63 Å². The average Bonchev–Trinajstić information content (AvgIpc) is 2.88. The Hall–Kier alpha value is -1.65. The molecule has 4 heteroatoms. The van der Waals surface area contributed by atoms with Gasteiger partial charge in [0.15, 0.2) is 5.76 Å². The van der Waals surface area contributed by atoms with Crippen LogP contribution < -0.4 is 0 Å². The summed E-state index contributed by atoms with van der Waals surface area (Å²) in [5, 5.41) is 13.8. The molecule has 1 atom stereocenters. The summed E-state index contributed by atoms with van der Waals surface area (Å²) in [5.74, 6) is 0.799. The lowest BCUT2D eigenvalue weighted by Gasteiger charge is -2.28. The predicted octanol–water partition coefficient (Wildman–Crippen LogP) is 2.30. The Balaban J connectivity index is 1.68. The smallest absolute Gasteiger partial charge is 0.167 e. The van der Waals surface area contributed by atoms with Gasteiger partial charge in [-0.3, -0.25) is 4.90 Å². The molecule has 0 aliphatic carbocycles. The van der Waals surface area contributed by atoms with E-state index in [0.717, 1.165) is 49.5 Å². The van der Waals surface area contributed by atoms with Gasteiger partial charge >= 0.3 is 0 Å². The number of nitrogens with zero attached hydrogens (tertiary/aromatic N) is 2. The first-order valence-corrected chi connectivity index (χ1v) is 6.73. The quantitative estimate of drug-likeness (QED) is 0.917. The topological polar surface area (TPSA) is 49.5 Å². The Morgan fingerprint density at radius 1 is 1.32 bits per heavy atom. The number of rotatable bonds is 3. The molecule has 1 unspecified atom stereocenters. The molecular formula is C15H18N2O2. The van der Waals surface area contributed by atoms with Crippen molar-refractivity contribution in [2.75, 3.05) is 13.1 Å². The second-order valence-corrected chi connectivity index (χ2v) is 5.08. The van der Waals surface area contributed by atoms with Crippen molar-refractivity contribution >= 4 is 0 Å². The van der Waals surface area contributed by atoms with Crippen LogP contribution in [0.15, 0.2) is 40.9 Å². The van der Waals surface area contributed by atoms with Crippen LogP contribution in [0.5, 0.6) is 0 Å². The SMILES string of the molecule is OC1CCCN(Cc2cc(-c3ccccc3)on2)C1. The Morgan fingerprint density at radius 3 is 2.95 bits per heavy atom. The first-order valence-electron chi connectivity index (χ1n) is 6.73. The van der Waals surface area contributed by atoms with E-state index in [-0.39, 0.29) is 6.10 Å². The summed E-state index contributed by atoms with van der Waals surface area (Å²) < 4.78 is 5.38. The highest BCUT2D eigenvalue weighted by molar-refractivity contribution is 5.56. The molecule has 0 spiro atoms. The van der Waals surface area contributed by atoms with E-state index in [9.17, 15) is 5.11 Å². The molecule has 0 bridgehead atoms. The third-order valence-corrected chi connectivity index (χ3v) is 3.48. The molecule has 2 aromatic rings. The summed E-state index contributed by atoms with van der Waals surface area (Å²) in [6.45, 7) is 2.49. The lowest BCUT2D eigenvalue weighted by molar-refractivity contribution is 0.0657. The third kappa shape index (κ3) is 3.03. The van der Waals surface area contributed by atoms with Crippen LogP contribution in [0.1, 0.15) is 18.5 Å². The van der Waals surface area contributed by atoms with Crippen LogP contribution >= 0.6 is 0 Å². The van der Waals surface area contributed by atoms with Crippen LogP contribution in [0.4, 0.5) is 0 Å². The zero-order valence-corrected chi connectivity index (χ0v) is 10.8. The van der Waals surface area contributed by atoms with E-state index < -0.39 is 0 Å². The van der Waals surface area contributed by atoms with Crippen LogP contribution in [-0.4, -0.2) is 34.4 Å². The number of aliphatic hydroxyl groups excluding tert-OH is 1. The number of hydrogen-bond acceptors (Lipinski definition) is 4. The number of aliphatic hydroxyl groups is 1. The van der Waals surface area contributed by atoms with Crippen molar-refractivity contribution in [1.29, 1.82) is 0 Å². The molecule has 1 aliphatic heterocycles. The van der Waals surface area contributed by atoms with Gasteiger partial charge in [0.25, 0.3) is 0 Å². The second kappa shape index (κ2) is 5.55. The highest BCUT2D eigenvalue weighted by Crippen LogP contribution is 2.21. The Bertz CT molecular complexity index is 524. The molecule has 4 nitrogen and oxygen atoms in total. The van der Waals surface area contributed by atoms with Crippen LogP contribution in [0.3, 0.4) is 0 Å². The number of piperidine rings is 1. The Morgan fingerprint density at radius 2 is 2.16 bits per heavy atom. The van der Waals surface area contributed by atoms with Gasteiger partial charge in [0.2, 0.25) is 0 Å². The van der Waals surface area contributed by atoms with Crippen molar-refractivity contribution in [3.05, 3.63) is 42.1 Å². The van der Waals surface area contributed by atoms with Gasteiger partial charge in [-0.15, -0.1) is 0 Å². The normalized spacial score (nSPS) is 20.6. The third-order valence-electron chi connectivity index (χ3n) is 3.48. The van der Waals surface area contributed by atoms with E-state index in [4.69, 9.17) is 4.52 Å². The fourth-order valence-corrected chi connectivity index (χ4v) is 2.53. The molecule has 1 aliphatic rings. The maximum absolute atomic E-state index is 9.66. The van der Waals surface area contributed by atoms with Crippen molar-refractivity contribution in [2.24, 2.45) is 0 Å². The van der Waals surface area contributed by atoms with Gasteiger partial charge in [-0.2, -0.15) is 0 Å². The molecular weight excluding hydrogens is 240 g/mol. The molecule has 3 rings (SSSR count). The van der Waals surface area contributed by atoms with Gasteiger partial charge in [-0.25, -0.2) is 0 Å². The Kier molecular flexibility index (Phi) is 3.62. The number of hydrogen-bond donors (Lipinski definition) is 1. The summed E-state index contributed by atoms with van der Waals surface area (Å²) >= 11 is 0. The monoisotopic (exact) mass is 258 g/mol. The molecule has 1 N–H and O–H groups in total. The lowest BCUT2D eigenvalue weighted by atomic mass is 10.1. The largest absolute Gasteiger partial charge is 0.392 e. The number of likely N-dealkylation sites (tertiary alicyclic amines) is 1. The summed E-state index contributed by atoms with van der Waals surface area (Å²) in [5.41, 5.74) is 1.97. The van der Waals surface area contributed by atoms with Gasteiger partial charge in [0.05, 0.1) is 11.8 Å². The van der Waals surface area contributed by atoms with Crippen LogP contribution in [0, 0.1) is 0 Å². The minimum absolute atomic E-state index is 0.200. The van der Waals surface area contributed by atoms with Gasteiger partial charge in [-0.1, -0.05) is 35.5 Å². The standard InChI is InChI=1S/C15H18N2O2/c18-14-7-4-8-17(11-14)10-13-9-15(19-16-13)12-5-2-1-3-6-12/h1-3,5-6,9,14,18H,4,7-8,10-11H2. The van der Waals surface area contributed by atoms with Crippen molar-refractivity contribution in [3.8, 4) is 11.3 Å².